The quantitative estimate of drug-likeness (QED) is 0.637. The van der Waals surface area contributed by atoms with E-state index < -0.39 is 0 Å². The lowest BCUT2D eigenvalue weighted by molar-refractivity contribution is 0.128. The molecule has 1 atom stereocenters. The van der Waals surface area contributed by atoms with Crippen molar-refractivity contribution in [3.63, 3.8) is 0 Å². The van der Waals surface area contributed by atoms with Crippen molar-refractivity contribution >= 4 is 5.84 Å². The molecular weight excluding hydrogens is 190 g/mol. The van der Waals surface area contributed by atoms with Crippen LogP contribution in [0, 0.1) is 5.41 Å². The molecule has 1 heterocycles. The number of nitrogens with zero attached hydrogens (tertiary/aromatic N) is 1. The molecule has 1 aliphatic heterocycles. The van der Waals surface area contributed by atoms with E-state index in [1.807, 2.05) is 32.1 Å². The Balaban J connectivity index is 2.75. The average Bonchev–Trinajstić information content (AvgIpc) is 2.35. The minimum absolute atomic E-state index is 0.0130. The molecule has 0 aromatic carbocycles. The molecule has 0 saturated carbocycles. The monoisotopic (exact) mass is 209 g/mol. The van der Waals surface area contributed by atoms with Crippen molar-refractivity contribution in [3.8, 4) is 0 Å². The Morgan fingerprint density at radius 1 is 1.67 bits per heavy atom. The van der Waals surface area contributed by atoms with Crippen molar-refractivity contribution in [1.29, 1.82) is 5.41 Å². The first-order valence-electron chi connectivity index (χ1n) is 5.18. The summed E-state index contributed by atoms with van der Waals surface area (Å²) in [5.41, 5.74) is 1.17. The van der Waals surface area contributed by atoms with Crippen LogP contribution in [0.5, 0.6) is 0 Å². The van der Waals surface area contributed by atoms with Crippen LogP contribution in [-0.4, -0.2) is 35.3 Å². The average molecular weight is 209 g/mol. The van der Waals surface area contributed by atoms with Crippen molar-refractivity contribution in [2.45, 2.75) is 26.4 Å². The Hall–Kier alpha value is -1.13. The maximum Gasteiger partial charge on any atom is 0.118 e. The predicted octanol–water partition coefficient (Wildman–Crippen LogP) is 1.06. The highest BCUT2D eigenvalue weighted by Gasteiger charge is 2.20. The SMILES string of the molecule is C/C=C\C=C1/CN[C@@H](C)N(CO)C(=N)C1. The summed E-state index contributed by atoms with van der Waals surface area (Å²) in [6.07, 6.45) is 6.58. The van der Waals surface area contributed by atoms with E-state index in [2.05, 4.69) is 5.32 Å². The number of aliphatic hydroxyl groups excluding tert-OH is 1. The molecule has 0 aromatic heterocycles. The van der Waals surface area contributed by atoms with Gasteiger partial charge < -0.3 is 10.0 Å². The van der Waals surface area contributed by atoms with Crippen molar-refractivity contribution < 1.29 is 5.11 Å². The highest BCUT2D eigenvalue weighted by Crippen LogP contribution is 2.11. The number of rotatable bonds is 2. The molecule has 4 heteroatoms. The van der Waals surface area contributed by atoms with Crippen LogP contribution >= 0.6 is 0 Å². The van der Waals surface area contributed by atoms with Crippen molar-refractivity contribution in [2.24, 2.45) is 0 Å². The number of hydrogen-bond acceptors (Lipinski definition) is 3. The van der Waals surface area contributed by atoms with Gasteiger partial charge in [0.1, 0.15) is 12.6 Å². The first kappa shape index (κ1) is 11.9. The van der Waals surface area contributed by atoms with E-state index in [1.54, 1.807) is 4.90 Å². The molecule has 1 rings (SSSR count). The molecule has 0 bridgehead atoms. The van der Waals surface area contributed by atoms with Crippen molar-refractivity contribution in [3.05, 3.63) is 23.8 Å². The second-order valence-corrected chi connectivity index (χ2v) is 3.64. The number of aliphatic hydroxyl groups is 1. The van der Waals surface area contributed by atoms with Crippen molar-refractivity contribution in [2.75, 3.05) is 13.3 Å². The van der Waals surface area contributed by atoms with Gasteiger partial charge in [-0.25, -0.2) is 0 Å². The number of allylic oxidation sites excluding steroid dienone is 3. The first-order chi connectivity index (χ1) is 7.19. The molecule has 1 fully saturated rings. The van der Waals surface area contributed by atoms with E-state index in [4.69, 9.17) is 10.5 Å². The van der Waals surface area contributed by atoms with Gasteiger partial charge in [-0.1, -0.05) is 18.2 Å². The molecule has 1 aliphatic rings. The van der Waals surface area contributed by atoms with Crippen LogP contribution < -0.4 is 5.32 Å². The first-order valence-corrected chi connectivity index (χ1v) is 5.18. The lowest BCUT2D eigenvalue weighted by Crippen LogP contribution is -2.44. The van der Waals surface area contributed by atoms with Gasteiger partial charge in [-0.2, -0.15) is 0 Å². The number of amidine groups is 1. The largest absolute Gasteiger partial charge is 0.376 e. The fourth-order valence-corrected chi connectivity index (χ4v) is 1.56. The normalized spacial score (nSPS) is 26.3. The van der Waals surface area contributed by atoms with Crippen LogP contribution in [0.25, 0.3) is 0 Å². The summed E-state index contributed by atoms with van der Waals surface area (Å²) in [5.74, 6) is 0.464. The molecule has 0 aliphatic carbocycles. The second kappa shape index (κ2) is 5.68. The topological polar surface area (TPSA) is 59.4 Å². The van der Waals surface area contributed by atoms with Gasteiger partial charge in [0.25, 0.3) is 0 Å². The van der Waals surface area contributed by atoms with E-state index in [0.29, 0.717) is 12.3 Å². The Labute approximate surface area is 90.8 Å². The maximum atomic E-state index is 9.13. The molecule has 0 radical (unpaired) electrons. The minimum atomic E-state index is -0.107. The summed E-state index contributed by atoms with van der Waals surface area (Å²) in [7, 11) is 0. The molecule has 0 aromatic rings. The Morgan fingerprint density at radius 3 is 3.00 bits per heavy atom. The summed E-state index contributed by atoms with van der Waals surface area (Å²) in [6, 6.07) is 0. The molecule has 84 valence electrons. The summed E-state index contributed by atoms with van der Waals surface area (Å²) in [6.45, 7) is 4.58. The van der Waals surface area contributed by atoms with Crippen LogP contribution in [0.15, 0.2) is 23.8 Å². The third-order valence-electron chi connectivity index (χ3n) is 2.51. The van der Waals surface area contributed by atoms with Crippen LogP contribution in [0.1, 0.15) is 20.3 Å². The van der Waals surface area contributed by atoms with Gasteiger partial charge in [-0.05, 0) is 19.4 Å². The fraction of sp³-hybridized carbons (Fsp3) is 0.545. The summed E-state index contributed by atoms with van der Waals surface area (Å²) in [5, 5.41) is 20.2. The number of nitrogens with one attached hydrogen (secondary N) is 2. The van der Waals surface area contributed by atoms with Crippen LogP contribution in [0.3, 0.4) is 0 Å². The fourth-order valence-electron chi connectivity index (χ4n) is 1.56. The Bertz CT molecular complexity index is 284. The Kier molecular flexibility index (Phi) is 4.52. The highest BCUT2D eigenvalue weighted by atomic mass is 16.3. The molecule has 0 unspecified atom stereocenters. The van der Waals surface area contributed by atoms with E-state index in [-0.39, 0.29) is 12.9 Å². The molecule has 15 heavy (non-hydrogen) atoms. The van der Waals surface area contributed by atoms with Gasteiger partial charge in [0.2, 0.25) is 0 Å². The van der Waals surface area contributed by atoms with E-state index >= 15 is 0 Å². The third kappa shape index (κ3) is 3.18. The van der Waals surface area contributed by atoms with Gasteiger partial charge in [0, 0.05) is 13.0 Å². The van der Waals surface area contributed by atoms with Crippen LogP contribution in [-0.2, 0) is 0 Å². The minimum Gasteiger partial charge on any atom is -0.376 e. The van der Waals surface area contributed by atoms with Gasteiger partial charge in [-0.3, -0.25) is 10.7 Å². The highest BCUT2D eigenvalue weighted by molar-refractivity contribution is 5.82. The molecule has 0 spiro atoms. The molecule has 0 amide bonds. The molecule has 4 nitrogen and oxygen atoms in total. The zero-order valence-electron chi connectivity index (χ0n) is 9.33. The standard InChI is InChI=1S/C11H19N3O/c1-3-4-5-10-6-11(12)14(8-15)9(2)13-7-10/h3-5,9,12-13,15H,6-8H2,1-2H3/b4-3-,10-5-,12-11?/t9-/m1/s1. The van der Waals surface area contributed by atoms with E-state index in [1.165, 1.54) is 5.57 Å². The van der Waals surface area contributed by atoms with Gasteiger partial charge in [0.05, 0.1) is 6.17 Å². The smallest absolute Gasteiger partial charge is 0.118 e. The maximum absolute atomic E-state index is 9.13. The van der Waals surface area contributed by atoms with Gasteiger partial charge >= 0.3 is 0 Å². The molecule has 1 saturated heterocycles. The lowest BCUT2D eigenvalue weighted by Gasteiger charge is -2.26. The number of hydrogen-bond donors (Lipinski definition) is 3. The van der Waals surface area contributed by atoms with Crippen LogP contribution in [0.4, 0.5) is 0 Å². The predicted molar refractivity (Wildman–Crippen MR) is 61.6 cm³/mol. The Morgan fingerprint density at radius 2 is 2.40 bits per heavy atom. The molecule has 3 N–H and O–H groups in total. The zero-order chi connectivity index (χ0) is 11.3. The van der Waals surface area contributed by atoms with Crippen molar-refractivity contribution in [1.82, 2.24) is 10.2 Å². The summed E-state index contributed by atoms with van der Waals surface area (Å²) in [4.78, 5) is 1.65. The summed E-state index contributed by atoms with van der Waals surface area (Å²) >= 11 is 0. The zero-order valence-corrected chi connectivity index (χ0v) is 9.33. The molecular formula is C11H19N3O. The third-order valence-corrected chi connectivity index (χ3v) is 2.51. The second-order valence-electron chi connectivity index (χ2n) is 3.64. The van der Waals surface area contributed by atoms with Gasteiger partial charge in [0.15, 0.2) is 0 Å². The van der Waals surface area contributed by atoms with Crippen LogP contribution in [0.2, 0.25) is 0 Å². The van der Waals surface area contributed by atoms with Gasteiger partial charge in [-0.15, -0.1) is 0 Å². The van der Waals surface area contributed by atoms with E-state index in [0.717, 1.165) is 6.54 Å². The van der Waals surface area contributed by atoms with E-state index in [9.17, 15) is 0 Å². The lowest BCUT2D eigenvalue weighted by atomic mass is 10.1. The summed E-state index contributed by atoms with van der Waals surface area (Å²) < 4.78 is 0.